The molecular formula is C30H32N6O2S. The smallest absolute Gasteiger partial charge is 0.262 e. The second-order valence-corrected chi connectivity index (χ2v) is 11.4. The first-order valence-corrected chi connectivity index (χ1v) is 14.2. The van der Waals surface area contributed by atoms with Crippen molar-refractivity contribution in [3.05, 3.63) is 121 Å². The Hall–Kier alpha value is -4.21. The highest BCUT2D eigenvalue weighted by atomic mass is 32.2. The molecule has 0 saturated carbocycles. The number of nitrogens with zero attached hydrogens (tertiary/aromatic N) is 6. The SMILES string of the molecule is Cn1cnc(S(=O)(=O)N(CCN(Cc2cncn2C)c2ccc(-c3ccccc3)cc2)Cc2ccccc2)c1. The first-order valence-electron chi connectivity index (χ1n) is 12.8. The van der Waals surface area contributed by atoms with Gasteiger partial charge in [0.25, 0.3) is 10.0 Å². The van der Waals surface area contributed by atoms with E-state index in [1.807, 2.05) is 66.3 Å². The van der Waals surface area contributed by atoms with E-state index < -0.39 is 10.0 Å². The minimum absolute atomic E-state index is 0.0475. The van der Waals surface area contributed by atoms with Gasteiger partial charge < -0.3 is 14.0 Å². The number of anilines is 1. The molecule has 0 atom stereocenters. The Labute approximate surface area is 229 Å². The van der Waals surface area contributed by atoms with Crippen LogP contribution < -0.4 is 4.90 Å². The average Bonchev–Trinajstić information content (AvgIpc) is 3.59. The molecule has 0 radical (unpaired) electrons. The van der Waals surface area contributed by atoms with Crippen LogP contribution in [0.4, 0.5) is 5.69 Å². The lowest BCUT2D eigenvalue weighted by Crippen LogP contribution is -2.38. The normalized spacial score (nSPS) is 11.7. The van der Waals surface area contributed by atoms with Gasteiger partial charge in [0.15, 0.2) is 5.03 Å². The zero-order valence-corrected chi connectivity index (χ0v) is 22.9. The van der Waals surface area contributed by atoms with Gasteiger partial charge in [-0.1, -0.05) is 72.8 Å². The summed E-state index contributed by atoms with van der Waals surface area (Å²) in [5.74, 6) is 0. The highest BCUT2D eigenvalue weighted by Gasteiger charge is 2.27. The van der Waals surface area contributed by atoms with E-state index in [1.165, 1.54) is 10.6 Å². The van der Waals surface area contributed by atoms with Gasteiger partial charge in [0.2, 0.25) is 0 Å². The molecule has 0 aliphatic heterocycles. The topological polar surface area (TPSA) is 76.3 Å². The zero-order valence-electron chi connectivity index (χ0n) is 22.1. The van der Waals surface area contributed by atoms with Crippen molar-refractivity contribution in [1.29, 1.82) is 0 Å². The molecule has 0 aliphatic carbocycles. The molecule has 5 aromatic rings. The Balaban J connectivity index is 1.43. The molecule has 3 aromatic carbocycles. The largest absolute Gasteiger partial charge is 0.364 e. The fourth-order valence-corrected chi connectivity index (χ4v) is 5.87. The number of hydrogen-bond acceptors (Lipinski definition) is 5. The summed E-state index contributed by atoms with van der Waals surface area (Å²) in [5, 5.41) is 0.0475. The minimum Gasteiger partial charge on any atom is -0.364 e. The number of aromatic nitrogens is 4. The molecular weight excluding hydrogens is 508 g/mol. The number of aryl methyl sites for hydroxylation is 2. The highest BCUT2D eigenvalue weighted by Crippen LogP contribution is 2.25. The first-order chi connectivity index (χ1) is 18.9. The van der Waals surface area contributed by atoms with Gasteiger partial charge in [-0.15, -0.1) is 0 Å². The van der Waals surface area contributed by atoms with Crippen molar-refractivity contribution in [2.75, 3.05) is 18.0 Å². The molecule has 8 nitrogen and oxygen atoms in total. The van der Waals surface area contributed by atoms with E-state index in [2.05, 4.69) is 51.3 Å². The molecule has 0 N–H and O–H groups in total. The maximum atomic E-state index is 13.7. The van der Waals surface area contributed by atoms with Crippen molar-refractivity contribution in [2.45, 2.75) is 18.1 Å². The molecule has 0 unspecified atom stereocenters. The molecule has 2 heterocycles. The van der Waals surface area contributed by atoms with Gasteiger partial charge in [-0.3, -0.25) is 0 Å². The van der Waals surface area contributed by atoms with Crippen LogP contribution in [0, 0.1) is 0 Å². The number of rotatable bonds is 11. The summed E-state index contributed by atoms with van der Waals surface area (Å²) >= 11 is 0. The third-order valence-corrected chi connectivity index (χ3v) is 8.45. The van der Waals surface area contributed by atoms with Crippen molar-refractivity contribution in [2.24, 2.45) is 14.1 Å². The van der Waals surface area contributed by atoms with Gasteiger partial charge in [0.05, 0.1) is 24.9 Å². The van der Waals surface area contributed by atoms with E-state index in [0.29, 0.717) is 13.1 Å². The Bertz CT molecular complexity index is 1600. The maximum Gasteiger partial charge on any atom is 0.262 e. The second-order valence-electron chi connectivity index (χ2n) is 9.53. The first kappa shape index (κ1) is 26.4. The molecule has 0 spiro atoms. The fraction of sp³-hybridized carbons (Fsp3) is 0.200. The monoisotopic (exact) mass is 540 g/mol. The van der Waals surface area contributed by atoms with Crippen LogP contribution in [0.3, 0.4) is 0 Å². The lowest BCUT2D eigenvalue weighted by Gasteiger charge is -2.29. The van der Waals surface area contributed by atoms with Crippen molar-refractivity contribution in [3.8, 4) is 11.1 Å². The predicted molar refractivity (Wildman–Crippen MR) is 153 cm³/mol. The summed E-state index contributed by atoms with van der Waals surface area (Å²) in [6.07, 6.45) is 6.68. The van der Waals surface area contributed by atoms with Crippen LogP contribution in [0.1, 0.15) is 11.3 Å². The molecule has 5 rings (SSSR count). The van der Waals surface area contributed by atoms with Gasteiger partial charge >= 0.3 is 0 Å². The summed E-state index contributed by atoms with van der Waals surface area (Å²) in [6, 6.07) is 28.3. The van der Waals surface area contributed by atoms with Crippen molar-refractivity contribution in [1.82, 2.24) is 23.4 Å². The Kier molecular flexibility index (Phi) is 7.90. The maximum absolute atomic E-state index is 13.7. The highest BCUT2D eigenvalue weighted by molar-refractivity contribution is 7.89. The quantitative estimate of drug-likeness (QED) is 0.242. The summed E-state index contributed by atoms with van der Waals surface area (Å²) in [6.45, 7) is 1.61. The molecule has 0 saturated heterocycles. The lowest BCUT2D eigenvalue weighted by atomic mass is 10.1. The van der Waals surface area contributed by atoms with Gasteiger partial charge in [-0.25, -0.2) is 18.4 Å². The fourth-order valence-electron chi connectivity index (χ4n) is 4.49. The molecule has 0 aliphatic rings. The number of imidazole rings is 2. The van der Waals surface area contributed by atoms with Crippen molar-refractivity contribution >= 4 is 15.7 Å². The van der Waals surface area contributed by atoms with E-state index in [4.69, 9.17) is 0 Å². The van der Waals surface area contributed by atoms with Crippen LogP contribution in [0.25, 0.3) is 11.1 Å². The molecule has 0 fully saturated rings. The van der Waals surface area contributed by atoms with Crippen LogP contribution in [-0.4, -0.2) is 44.9 Å². The summed E-state index contributed by atoms with van der Waals surface area (Å²) in [4.78, 5) is 10.6. The Morgan fingerprint density at radius 1 is 0.769 bits per heavy atom. The molecule has 39 heavy (non-hydrogen) atoms. The van der Waals surface area contributed by atoms with Gasteiger partial charge in [-0.05, 0) is 28.8 Å². The Morgan fingerprint density at radius 3 is 2.05 bits per heavy atom. The molecule has 2 aromatic heterocycles. The summed E-state index contributed by atoms with van der Waals surface area (Å²) in [5.41, 5.74) is 5.23. The number of benzene rings is 3. The van der Waals surface area contributed by atoms with E-state index in [0.717, 1.165) is 28.1 Å². The summed E-state index contributed by atoms with van der Waals surface area (Å²) < 4.78 is 32.5. The molecule has 0 bridgehead atoms. The van der Waals surface area contributed by atoms with Crippen molar-refractivity contribution in [3.63, 3.8) is 0 Å². The van der Waals surface area contributed by atoms with Crippen LogP contribution in [0.15, 0.2) is 115 Å². The van der Waals surface area contributed by atoms with E-state index in [9.17, 15) is 8.42 Å². The Morgan fingerprint density at radius 2 is 1.44 bits per heavy atom. The van der Waals surface area contributed by atoms with Crippen molar-refractivity contribution < 1.29 is 8.42 Å². The number of hydrogen-bond donors (Lipinski definition) is 0. The minimum atomic E-state index is -3.81. The van der Waals surface area contributed by atoms with E-state index in [-0.39, 0.29) is 18.1 Å². The molecule has 0 amide bonds. The van der Waals surface area contributed by atoms with E-state index >= 15 is 0 Å². The predicted octanol–water partition coefficient (Wildman–Crippen LogP) is 4.72. The third kappa shape index (κ3) is 6.27. The third-order valence-electron chi connectivity index (χ3n) is 6.72. The van der Waals surface area contributed by atoms with Gasteiger partial charge in [0.1, 0.15) is 0 Å². The second kappa shape index (κ2) is 11.7. The lowest BCUT2D eigenvalue weighted by molar-refractivity contribution is 0.406. The van der Waals surface area contributed by atoms with Gasteiger partial charge in [0, 0.05) is 51.8 Å². The zero-order chi connectivity index (χ0) is 27.2. The van der Waals surface area contributed by atoms with Gasteiger partial charge in [-0.2, -0.15) is 4.31 Å². The van der Waals surface area contributed by atoms with Crippen LogP contribution in [0.5, 0.6) is 0 Å². The summed E-state index contributed by atoms with van der Waals surface area (Å²) in [7, 11) is -0.0814. The van der Waals surface area contributed by atoms with Crippen LogP contribution >= 0.6 is 0 Å². The molecule has 9 heteroatoms. The number of sulfonamides is 1. The average molecular weight is 541 g/mol. The van der Waals surface area contributed by atoms with Crippen LogP contribution in [0.2, 0.25) is 0 Å². The molecule has 200 valence electrons. The standard InChI is InChI=1S/C30H32N6O2S/c1-33-22-30(32-24-33)39(37,38)36(20-25-9-5-3-6-10-25)18-17-35(21-29-19-31-23-34(29)2)28-15-13-27(14-16-28)26-11-7-4-8-12-26/h3-16,19,22-24H,17-18,20-21H2,1-2H3. The van der Waals surface area contributed by atoms with Crippen LogP contribution in [-0.2, 0) is 37.2 Å². The van der Waals surface area contributed by atoms with E-state index in [1.54, 1.807) is 24.1 Å².